The maximum Gasteiger partial charge on any atom is 0.254 e. The van der Waals surface area contributed by atoms with Crippen molar-refractivity contribution in [1.82, 2.24) is 19.8 Å². The minimum atomic E-state index is -0.0882. The number of aromatic amines is 1. The maximum absolute atomic E-state index is 13.0. The number of thiophene rings is 1. The summed E-state index contributed by atoms with van der Waals surface area (Å²) in [6.45, 7) is 5.39. The fourth-order valence-corrected chi connectivity index (χ4v) is 5.53. The summed E-state index contributed by atoms with van der Waals surface area (Å²) < 4.78 is 0. The summed E-state index contributed by atoms with van der Waals surface area (Å²) in [5, 5.41) is 2.10. The predicted molar refractivity (Wildman–Crippen MR) is 113 cm³/mol. The molecule has 3 atom stereocenters. The van der Waals surface area contributed by atoms with E-state index in [0.717, 1.165) is 63.0 Å². The molecule has 2 aromatic rings. The van der Waals surface area contributed by atoms with Gasteiger partial charge in [-0.2, -0.15) is 0 Å². The Hall–Kier alpha value is -1.99. The van der Waals surface area contributed by atoms with Crippen LogP contribution in [0.25, 0.3) is 0 Å². The van der Waals surface area contributed by atoms with Crippen molar-refractivity contribution in [3.63, 3.8) is 0 Å². The first-order valence-electron chi connectivity index (χ1n) is 10.8. The minimum absolute atomic E-state index is 0.0152. The van der Waals surface area contributed by atoms with Crippen LogP contribution in [0.4, 0.5) is 0 Å². The van der Waals surface area contributed by atoms with Gasteiger partial charge in [-0.25, -0.2) is 4.98 Å². The molecule has 0 unspecified atom stereocenters. The Morgan fingerprint density at radius 1 is 1.34 bits per heavy atom. The van der Waals surface area contributed by atoms with E-state index < -0.39 is 0 Å². The number of aromatic nitrogens is 2. The van der Waals surface area contributed by atoms with Crippen molar-refractivity contribution in [2.45, 2.75) is 58.2 Å². The first-order valence-corrected chi connectivity index (χ1v) is 11.7. The van der Waals surface area contributed by atoms with Crippen LogP contribution in [0.1, 0.15) is 60.6 Å². The first-order chi connectivity index (χ1) is 14.1. The molecule has 7 heteroatoms. The van der Waals surface area contributed by atoms with Crippen molar-refractivity contribution >= 4 is 17.2 Å². The summed E-state index contributed by atoms with van der Waals surface area (Å²) in [5.74, 6) is 1.60. The second-order valence-corrected chi connectivity index (χ2v) is 9.81. The summed E-state index contributed by atoms with van der Waals surface area (Å²) >= 11 is 1.76. The highest BCUT2D eigenvalue weighted by Crippen LogP contribution is 2.42. The second-order valence-electron chi connectivity index (χ2n) is 8.78. The first kappa shape index (κ1) is 19.0. The fraction of sp³-hybridized carbons (Fsp3) is 0.591. The highest BCUT2D eigenvalue weighted by molar-refractivity contribution is 7.09. The molecule has 3 aliphatic rings. The quantitative estimate of drug-likeness (QED) is 0.838. The molecule has 0 bridgehead atoms. The SMILES string of the molecule is C[C@@H]1C[C@@H]1C(=O)N1CCCC[C@@H]1c1nc2c(c(=O)[nH]1)CCN(Cc1cccs1)C2. The Kier molecular flexibility index (Phi) is 5.04. The fourth-order valence-electron chi connectivity index (χ4n) is 4.79. The van der Waals surface area contributed by atoms with Crippen LogP contribution in [0.2, 0.25) is 0 Å². The topological polar surface area (TPSA) is 69.3 Å². The number of nitrogens with zero attached hydrogens (tertiary/aromatic N) is 3. The minimum Gasteiger partial charge on any atom is -0.332 e. The molecule has 154 valence electrons. The van der Waals surface area contributed by atoms with Crippen LogP contribution in [-0.4, -0.2) is 38.8 Å². The van der Waals surface area contributed by atoms with Gasteiger partial charge in [0, 0.05) is 42.5 Å². The Morgan fingerprint density at radius 2 is 2.21 bits per heavy atom. The lowest BCUT2D eigenvalue weighted by molar-refractivity contribution is -0.137. The van der Waals surface area contributed by atoms with Crippen molar-refractivity contribution in [2.75, 3.05) is 13.1 Å². The average Bonchev–Trinajstić information content (AvgIpc) is 3.23. The number of fused-ring (bicyclic) bond motifs is 1. The number of nitrogens with one attached hydrogen (secondary N) is 1. The standard InChI is InChI=1S/C22H28N4O2S/c1-14-11-17(14)22(28)26-8-3-2-6-19(26)20-23-18-13-25(12-15-5-4-10-29-15)9-7-16(18)21(27)24-20/h4-5,10,14,17,19H,2-3,6-9,11-13H2,1H3,(H,23,24,27)/t14-,17+,19-/m1/s1. The van der Waals surface area contributed by atoms with E-state index in [4.69, 9.17) is 4.98 Å². The van der Waals surface area contributed by atoms with Crippen LogP contribution in [-0.2, 0) is 24.3 Å². The number of piperidine rings is 1. The van der Waals surface area contributed by atoms with Gasteiger partial charge in [0.15, 0.2) is 0 Å². The van der Waals surface area contributed by atoms with E-state index in [1.54, 1.807) is 11.3 Å². The summed E-state index contributed by atoms with van der Waals surface area (Å²) in [6, 6.07) is 4.14. The molecular weight excluding hydrogens is 384 g/mol. The lowest BCUT2D eigenvalue weighted by Gasteiger charge is -2.36. The smallest absolute Gasteiger partial charge is 0.254 e. The van der Waals surface area contributed by atoms with Gasteiger partial charge in [-0.1, -0.05) is 13.0 Å². The third kappa shape index (κ3) is 3.78. The molecule has 1 saturated carbocycles. The molecule has 0 aromatic carbocycles. The summed E-state index contributed by atoms with van der Waals surface area (Å²) in [5.41, 5.74) is 1.70. The number of H-pyrrole nitrogens is 1. The summed E-state index contributed by atoms with van der Waals surface area (Å²) in [6.07, 6.45) is 4.71. The van der Waals surface area contributed by atoms with Gasteiger partial charge in [-0.15, -0.1) is 11.3 Å². The third-order valence-corrected chi connectivity index (χ3v) is 7.52. The molecule has 0 spiro atoms. The van der Waals surface area contributed by atoms with Gasteiger partial charge in [0.1, 0.15) is 5.82 Å². The van der Waals surface area contributed by atoms with E-state index >= 15 is 0 Å². The number of hydrogen-bond donors (Lipinski definition) is 1. The number of carbonyl (C=O) groups is 1. The van der Waals surface area contributed by atoms with Crippen molar-refractivity contribution in [3.8, 4) is 0 Å². The third-order valence-electron chi connectivity index (χ3n) is 6.66. The van der Waals surface area contributed by atoms with E-state index in [0.29, 0.717) is 18.3 Å². The highest BCUT2D eigenvalue weighted by atomic mass is 32.1. The largest absolute Gasteiger partial charge is 0.332 e. The van der Waals surface area contributed by atoms with E-state index in [9.17, 15) is 9.59 Å². The van der Waals surface area contributed by atoms with Gasteiger partial charge < -0.3 is 9.88 Å². The zero-order valence-electron chi connectivity index (χ0n) is 16.9. The molecule has 1 aliphatic carbocycles. The van der Waals surface area contributed by atoms with E-state index in [2.05, 4.69) is 34.3 Å². The summed E-state index contributed by atoms with van der Waals surface area (Å²) in [7, 11) is 0. The number of amides is 1. The Balaban J connectivity index is 1.40. The molecule has 5 rings (SSSR count). The van der Waals surface area contributed by atoms with E-state index in [-0.39, 0.29) is 23.4 Å². The number of likely N-dealkylation sites (tertiary alicyclic amines) is 1. The molecule has 1 saturated heterocycles. The molecule has 29 heavy (non-hydrogen) atoms. The van der Waals surface area contributed by atoms with Crippen molar-refractivity contribution in [3.05, 3.63) is 49.8 Å². The van der Waals surface area contributed by atoms with Gasteiger partial charge >= 0.3 is 0 Å². The molecule has 2 fully saturated rings. The lowest BCUT2D eigenvalue weighted by atomic mass is 9.99. The van der Waals surface area contributed by atoms with Gasteiger partial charge in [0.2, 0.25) is 5.91 Å². The number of carbonyl (C=O) groups excluding carboxylic acids is 1. The highest BCUT2D eigenvalue weighted by Gasteiger charge is 2.44. The monoisotopic (exact) mass is 412 g/mol. The van der Waals surface area contributed by atoms with E-state index in [1.165, 1.54) is 4.88 Å². The molecule has 0 radical (unpaired) electrons. The van der Waals surface area contributed by atoms with Gasteiger partial charge in [0.25, 0.3) is 5.56 Å². The van der Waals surface area contributed by atoms with Gasteiger partial charge in [0.05, 0.1) is 11.7 Å². The number of rotatable bonds is 4. The normalized spacial score (nSPS) is 26.9. The lowest BCUT2D eigenvalue weighted by Crippen LogP contribution is -2.42. The van der Waals surface area contributed by atoms with Crippen LogP contribution < -0.4 is 5.56 Å². The van der Waals surface area contributed by atoms with Gasteiger partial charge in [-0.05, 0) is 49.5 Å². The predicted octanol–water partition coefficient (Wildman–Crippen LogP) is 3.10. The second kappa shape index (κ2) is 7.69. The zero-order chi connectivity index (χ0) is 20.0. The molecule has 2 aromatic heterocycles. The summed E-state index contributed by atoms with van der Waals surface area (Å²) in [4.78, 5) is 39.4. The van der Waals surface area contributed by atoms with Crippen molar-refractivity contribution < 1.29 is 4.79 Å². The average molecular weight is 413 g/mol. The molecular formula is C22H28N4O2S. The molecule has 1 N–H and O–H groups in total. The Labute approximate surface area is 175 Å². The van der Waals surface area contributed by atoms with Crippen LogP contribution >= 0.6 is 11.3 Å². The zero-order valence-corrected chi connectivity index (χ0v) is 17.7. The van der Waals surface area contributed by atoms with Gasteiger partial charge in [-0.3, -0.25) is 14.5 Å². The Morgan fingerprint density at radius 3 is 2.97 bits per heavy atom. The van der Waals surface area contributed by atoms with E-state index in [1.807, 2.05) is 4.90 Å². The van der Waals surface area contributed by atoms with Crippen molar-refractivity contribution in [2.24, 2.45) is 11.8 Å². The molecule has 4 heterocycles. The van der Waals surface area contributed by atoms with Crippen LogP contribution in [0.3, 0.4) is 0 Å². The molecule has 2 aliphatic heterocycles. The van der Waals surface area contributed by atoms with Crippen LogP contribution in [0.5, 0.6) is 0 Å². The number of hydrogen-bond acceptors (Lipinski definition) is 5. The maximum atomic E-state index is 13.0. The molecule has 1 amide bonds. The Bertz CT molecular complexity index is 954. The molecule has 6 nitrogen and oxygen atoms in total. The van der Waals surface area contributed by atoms with Crippen molar-refractivity contribution in [1.29, 1.82) is 0 Å². The van der Waals surface area contributed by atoms with Crippen LogP contribution in [0.15, 0.2) is 22.3 Å². The van der Waals surface area contributed by atoms with Crippen LogP contribution in [0, 0.1) is 11.8 Å².